The van der Waals surface area contributed by atoms with Crippen molar-refractivity contribution in [1.29, 1.82) is 0 Å². The van der Waals surface area contributed by atoms with Crippen molar-refractivity contribution in [2.24, 2.45) is 11.8 Å². The molecule has 0 aliphatic heterocycles. The number of urea groups is 1. The molecule has 3 unspecified atom stereocenters. The van der Waals surface area contributed by atoms with E-state index in [0.29, 0.717) is 24.9 Å². The minimum Gasteiger partial charge on any atom is -0.481 e. The number of carbonyl (C=O) groups is 2. The van der Waals surface area contributed by atoms with Crippen molar-refractivity contribution in [3.8, 4) is 0 Å². The van der Waals surface area contributed by atoms with E-state index in [-0.39, 0.29) is 12.5 Å². The summed E-state index contributed by atoms with van der Waals surface area (Å²) in [6.45, 7) is 4.91. The molecule has 21 heavy (non-hydrogen) atoms. The Labute approximate surface area is 127 Å². The van der Waals surface area contributed by atoms with Crippen molar-refractivity contribution in [2.75, 3.05) is 6.54 Å². The minimum atomic E-state index is -0.754. The van der Waals surface area contributed by atoms with Gasteiger partial charge in [-0.25, -0.2) is 4.79 Å². The van der Waals surface area contributed by atoms with E-state index >= 15 is 0 Å². The third kappa shape index (κ3) is 8.58. The van der Waals surface area contributed by atoms with Crippen molar-refractivity contribution in [1.82, 2.24) is 10.6 Å². The van der Waals surface area contributed by atoms with Crippen molar-refractivity contribution < 1.29 is 14.7 Å². The van der Waals surface area contributed by atoms with Crippen LogP contribution in [-0.4, -0.2) is 29.7 Å². The maximum atomic E-state index is 11.8. The Balaban J connectivity index is 2.11. The quantitative estimate of drug-likeness (QED) is 0.632. The fraction of sp³-hybridized carbons (Fsp3) is 0.875. The SMILES string of the molecule is CC(CCNC(=O)NC1CCCC(C)CC1)CCC(=O)O. The predicted octanol–water partition coefficient (Wildman–Crippen LogP) is 3.15. The normalized spacial score (nSPS) is 23.9. The number of nitrogens with one attached hydrogen (secondary N) is 2. The highest BCUT2D eigenvalue weighted by atomic mass is 16.4. The molecule has 0 aromatic carbocycles. The number of hydrogen-bond acceptors (Lipinski definition) is 2. The molecule has 0 bridgehead atoms. The van der Waals surface area contributed by atoms with Gasteiger partial charge in [-0.1, -0.05) is 26.7 Å². The third-order valence-electron chi connectivity index (χ3n) is 4.37. The smallest absolute Gasteiger partial charge is 0.315 e. The second kappa shape index (κ2) is 9.64. The summed E-state index contributed by atoms with van der Waals surface area (Å²) in [5.41, 5.74) is 0. The van der Waals surface area contributed by atoms with Gasteiger partial charge in [0.1, 0.15) is 0 Å². The van der Waals surface area contributed by atoms with Crippen molar-refractivity contribution >= 4 is 12.0 Å². The Morgan fingerprint density at radius 2 is 1.95 bits per heavy atom. The first-order valence-corrected chi connectivity index (χ1v) is 8.23. The summed E-state index contributed by atoms with van der Waals surface area (Å²) in [6, 6.07) is 0.222. The fourth-order valence-corrected chi connectivity index (χ4v) is 2.81. The standard InChI is InChI=1S/C16H30N2O3/c1-12-4-3-5-14(8-6-12)18-16(21)17-11-10-13(2)7-9-15(19)20/h12-14H,3-11H2,1-2H3,(H,19,20)(H2,17,18,21). The van der Waals surface area contributed by atoms with Crippen LogP contribution in [0.3, 0.4) is 0 Å². The number of carboxylic acid groups (broad SMARTS) is 1. The molecule has 1 aliphatic carbocycles. The number of carboxylic acids is 1. The monoisotopic (exact) mass is 298 g/mol. The first-order valence-electron chi connectivity index (χ1n) is 8.23. The van der Waals surface area contributed by atoms with Crippen molar-refractivity contribution in [2.45, 2.75) is 71.3 Å². The topological polar surface area (TPSA) is 78.4 Å². The molecule has 2 amide bonds. The lowest BCUT2D eigenvalue weighted by molar-refractivity contribution is -0.137. The maximum absolute atomic E-state index is 11.8. The van der Waals surface area contributed by atoms with Crippen molar-refractivity contribution in [3.63, 3.8) is 0 Å². The van der Waals surface area contributed by atoms with Gasteiger partial charge < -0.3 is 15.7 Å². The summed E-state index contributed by atoms with van der Waals surface area (Å²) in [5.74, 6) is 0.338. The van der Waals surface area contributed by atoms with Gasteiger partial charge in [0.25, 0.3) is 0 Å². The van der Waals surface area contributed by atoms with Crippen LogP contribution in [0.5, 0.6) is 0 Å². The number of aliphatic carboxylic acids is 1. The van der Waals surface area contributed by atoms with Gasteiger partial charge in [0.15, 0.2) is 0 Å². The van der Waals surface area contributed by atoms with E-state index in [0.717, 1.165) is 25.2 Å². The van der Waals surface area contributed by atoms with Crippen LogP contribution in [0.15, 0.2) is 0 Å². The molecule has 5 heteroatoms. The fourth-order valence-electron chi connectivity index (χ4n) is 2.81. The van der Waals surface area contributed by atoms with Crippen LogP contribution in [0.4, 0.5) is 4.79 Å². The van der Waals surface area contributed by atoms with Crippen LogP contribution in [-0.2, 0) is 4.79 Å². The minimum absolute atomic E-state index is 0.0833. The summed E-state index contributed by atoms with van der Waals surface area (Å²) >= 11 is 0. The molecule has 3 atom stereocenters. The van der Waals surface area contributed by atoms with E-state index in [9.17, 15) is 9.59 Å². The summed E-state index contributed by atoms with van der Waals surface area (Å²) < 4.78 is 0. The molecule has 1 rings (SSSR count). The van der Waals surface area contributed by atoms with Crippen LogP contribution in [0.2, 0.25) is 0 Å². The number of carbonyl (C=O) groups excluding carboxylic acids is 1. The van der Waals surface area contributed by atoms with E-state index in [2.05, 4.69) is 17.6 Å². The number of rotatable bonds is 7. The van der Waals surface area contributed by atoms with Gasteiger partial charge in [-0.3, -0.25) is 4.79 Å². The molecular weight excluding hydrogens is 268 g/mol. The highest BCUT2D eigenvalue weighted by Crippen LogP contribution is 2.22. The molecule has 0 saturated heterocycles. The lowest BCUT2D eigenvalue weighted by Crippen LogP contribution is -2.42. The molecule has 1 fully saturated rings. The molecule has 122 valence electrons. The number of amides is 2. The zero-order valence-corrected chi connectivity index (χ0v) is 13.4. The molecule has 0 aromatic heterocycles. The lowest BCUT2D eigenvalue weighted by Gasteiger charge is -2.17. The van der Waals surface area contributed by atoms with Crippen LogP contribution in [0.1, 0.15) is 65.2 Å². The average Bonchev–Trinajstić information content (AvgIpc) is 2.61. The second-order valence-electron chi connectivity index (χ2n) is 6.54. The van der Waals surface area contributed by atoms with Gasteiger partial charge in [0, 0.05) is 19.0 Å². The van der Waals surface area contributed by atoms with Gasteiger partial charge in [-0.2, -0.15) is 0 Å². The van der Waals surface area contributed by atoms with Crippen molar-refractivity contribution in [3.05, 3.63) is 0 Å². The van der Waals surface area contributed by atoms with Gasteiger partial charge in [-0.05, 0) is 43.9 Å². The number of hydrogen-bond donors (Lipinski definition) is 3. The van der Waals surface area contributed by atoms with E-state index < -0.39 is 5.97 Å². The summed E-state index contributed by atoms with van der Waals surface area (Å²) in [6.07, 6.45) is 7.49. The summed E-state index contributed by atoms with van der Waals surface area (Å²) in [5, 5.41) is 14.6. The van der Waals surface area contributed by atoms with Gasteiger partial charge in [0.05, 0.1) is 0 Å². The van der Waals surface area contributed by atoms with Crippen LogP contribution < -0.4 is 10.6 Å². The van der Waals surface area contributed by atoms with Crippen LogP contribution in [0, 0.1) is 11.8 Å². The molecule has 5 nitrogen and oxygen atoms in total. The Morgan fingerprint density at radius 1 is 1.19 bits per heavy atom. The third-order valence-corrected chi connectivity index (χ3v) is 4.37. The molecule has 1 saturated carbocycles. The van der Waals surface area contributed by atoms with Gasteiger partial charge in [-0.15, -0.1) is 0 Å². The molecule has 0 heterocycles. The Bertz CT molecular complexity index is 333. The average molecular weight is 298 g/mol. The zero-order valence-electron chi connectivity index (χ0n) is 13.4. The molecule has 1 aliphatic rings. The first-order chi connectivity index (χ1) is 9.97. The molecule has 3 N–H and O–H groups in total. The largest absolute Gasteiger partial charge is 0.481 e. The Morgan fingerprint density at radius 3 is 2.67 bits per heavy atom. The van der Waals surface area contributed by atoms with E-state index in [1.54, 1.807) is 0 Å². The van der Waals surface area contributed by atoms with E-state index in [1.807, 2.05) is 6.92 Å². The second-order valence-corrected chi connectivity index (χ2v) is 6.54. The predicted molar refractivity (Wildman–Crippen MR) is 83.2 cm³/mol. The first kappa shape index (κ1) is 17.8. The van der Waals surface area contributed by atoms with Crippen LogP contribution >= 0.6 is 0 Å². The van der Waals surface area contributed by atoms with E-state index in [1.165, 1.54) is 19.3 Å². The molecule has 0 spiro atoms. The Kier molecular flexibility index (Phi) is 8.16. The highest BCUT2D eigenvalue weighted by molar-refractivity contribution is 5.74. The molecular formula is C16H30N2O3. The maximum Gasteiger partial charge on any atom is 0.315 e. The highest BCUT2D eigenvalue weighted by Gasteiger charge is 2.17. The molecule has 0 aromatic rings. The van der Waals surface area contributed by atoms with Crippen LogP contribution in [0.25, 0.3) is 0 Å². The zero-order chi connectivity index (χ0) is 15.7. The molecule has 0 radical (unpaired) electrons. The summed E-state index contributed by atoms with van der Waals surface area (Å²) in [7, 11) is 0. The Hall–Kier alpha value is -1.26. The van der Waals surface area contributed by atoms with Gasteiger partial charge in [0.2, 0.25) is 0 Å². The summed E-state index contributed by atoms with van der Waals surface area (Å²) in [4.78, 5) is 22.3. The lowest BCUT2D eigenvalue weighted by atomic mass is 10.0. The van der Waals surface area contributed by atoms with E-state index in [4.69, 9.17) is 5.11 Å². The van der Waals surface area contributed by atoms with Gasteiger partial charge >= 0.3 is 12.0 Å².